The van der Waals surface area contributed by atoms with Crippen molar-refractivity contribution in [1.29, 1.82) is 0 Å². The molecular formula is C16H26ClN3O3. The molecule has 0 radical (unpaired) electrons. The van der Waals surface area contributed by atoms with E-state index in [9.17, 15) is 9.59 Å². The van der Waals surface area contributed by atoms with Crippen molar-refractivity contribution in [3.8, 4) is 0 Å². The third-order valence-electron chi connectivity index (χ3n) is 3.27. The lowest BCUT2D eigenvalue weighted by molar-refractivity contribution is -0.127. The third-order valence-corrected chi connectivity index (χ3v) is 3.27. The molecule has 1 aromatic rings. The molecule has 0 saturated carbocycles. The normalized spacial score (nSPS) is 11.5. The van der Waals surface area contributed by atoms with E-state index in [1.807, 2.05) is 38.1 Å². The van der Waals surface area contributed by atoms with Crippen molar-refractivity contribution in [1.82, 2.24) is 10.6 Å². The molecule has 1 aromatic carbocycles. The fraction of sp³-hybridized carbons (Fsp3) is 0.500. The van der Waals surface area contributed by atoms with E-state index in [0.717, 1.165) is 11.1 Å². The van der Waals surface area contributed by atoms with Crippen LogP contribution in [0.1, 0.15) is 25.0 Å². The van der Waals surface area contributed by atoms with Gasteiger partial charge in [0.1, 0.15) is 0 Å². The number of ether oxygens (including phenoxy) is 1. The number of hydrogen-bond acceptors (Lipinski definition) is 4. The molecule has 0 spiro atoms. The van der Waals surface area contributed by atoms with Crippen LogP contribution in [0.3, 0.4) is 0 Å². The second-order valence-corrected chi connectivity index (χ2v) is 5.51. The van der Waals surface area contributed by atoms with Gasteiger partial charge in [-0.1, -0.05) is 38.1 Å². The molecule has 23 heavy (non-hydrogen) atoms. The lowest BCUT2D eigenvalue weighted by atomic mass is 10.1. The lowest BCUT2D eigenvalue weighted by Gasteiger charge is -2.15. The van der Waals surface area contributed by atoms with Crippen LogP contribution in [0.25, 0.3) is 0 Å². The first-order valence-corrected chi connectivity index (χ1v) is 7.30. The Morgan fingerprint density at radius 2 is 1.70 bits per heavy atom. The molecule has 0 aliphatic carbocycles. The van der Waals surface area contributed by atoms with Crippen LogP contribution in [0.2, 0.25) is 0 Å². The molecule has 130 valence electrons. The Balaban J connectivity index is 0.00000484. The molecule has 0 aromatic heterocycles. The summed E-state index contributed by atoms with van der Waals surface area (Å²) in [6.45, 7) is 4.63. The van der Waals surface area contributed by atoms with Gasteiger partial charge in [0.25, 0.3) is 0 Å². The first-order valence-electron chi connectivity index (χ1n) is 7.30. The summed E-state index contributed by atoms with van der Waals surface area (Å²) in [5, 5.41) is 5.28. The van der Waals surface area contributed by atoms with Crippen molar-refractivity contribution < 1.29 is 14.3 Å². The van der Waals surface area contributed by atoms with Crippen molar-refractivity contribution in [2.24, 2.45) is 11.7 Å². The quantitative estimate of drug-likeness (QED) is 0.655. The van der Waals surface area contributed by atoms with Crippen molar-refractivity contribution in [3.63, 3.8) is 0 Å². The fourth-order valence-electron chi connectivity index (χ4n) is 1.77. The predicted octanol–water partition coefficient (Wildman–Crippen LogP) is 0.971. The fourth-order valence-corrected chi connectivity index (χ4v) is 1.77. The number of rotatable bonds is 8. The van der Waals surface area contributed by atoms with Gasteiger partial charge in [-0.2, -0.15) is 0 Å². The highest BCUT2D eigenvalue weighted by atomic mass is 35.5. The number of benzene rings is 1. The summed E-state index contributed by atoms with van der Waals surface area (Å²) in [6.07, 6.45) is 0. The van der Waals surface area contributed by atoms with E-state index >= 15 is 0 Å². The van der Waals surface area contributed by atoms with Crippen LogP contribution in [0.4, 0.5) is 0 Å². The summed E-state index contributed by atoms with van der Waals surface area (Å²) in [4.78, 5) is 23.3. The van der Waals surface area contributed by atoms with Crippen LogP contribution in [-0.4, -0.2) is 31.5 Å². The zero-order valence-corrected chi connectivity index (χ0v) is 14.6. The molecule has 0 heterocycles. The number of halogens is 1. The first kappa shape index (κ1) is 21.4. The highest BCUT2D eigenvalue weighted by molar-refractivity contribution is 5.87. The Hall–Kier alpha value is -1.63. The van der Waals surface area contributed by atoms with Crippen LogP contribution in [-0.2, 0) is 27.5 Å². The number of amides is 2. The summed E-state index contributed by atoms with van der Waals surface area (Å²) >= 11 is 0. The average molecular weight is 344 g/mol. The van der Waals surface area contributed by atoms with Gasteiger partial charge < -0.3 is 21.1 Å². The maximum atomic E-state index is 11.7. The zero-order valence-electron chi connectivity index (χ0n) is 13.8. The van der Waals surface area contributed by atoms with Gasteiger partial charge in [-0.15, -0.1) is 12.4 Å². The smallest absolute Gasteiger partial charge is 0.239 e. The van der Waals surface area contributed by atoms with Gasteiger partial charge in [-0.3, -0.25) is 9.59 Å². The Kier molecular flexibility index (Phi) is 10.2. The minimum absolute atomic E-state index is 0. The van der Waals surface area contributed by atoms with Crippen molar-refractivity contribution in [2.45, 2.75) is 33.0 Å². The van der Waals surface area contributed by atoms with E-state index in [4.69, 9.17) is 10.5 Å². The topological polar surface area (TPSA) is 93.5 Å². The molecule has 1 atom stereocenters. The van der Waals surface area contributed by atoms with Crippen molar-refractivity contribution >= 4 is 24.2 Å². The lowest BCUT2D eigenvalue weighted by Crippen LogP contribution is -2.47. The van der Waals surface area contributed by atoms with Crippen LogP contribution < -0.4 is 16.4 Å². The molecule has 0 aliphatic heterocycles. The van der Waals surface area contributed by atoms with E-state index in [0.29, 0.717) is 13.2 Å². The summed E-state index contributed by atoms with van der Waals surface area (Å²) in [5.74, 6) is -0.520. The Morgan fingerprint density at radius 1 is 1.13 bits per heavy atom. The van der Waals surface area contributed by atoms with Gasteiger partial charge in [-0.25, -0.2) is 0 Å². The summed E-state index contributed by atoms with van der Waals surface area (Å²) in [6, 6.07) is 7.17. The second kappa shape index (κ2) is 11.0. The van der Waals surface area contributed by atoms with Crippen LogP contribution in [0.15, 0.2) is 24.3 Å². The molecule has 0 saturated heterocycles. The molecule has 0 unspecified atom stereocenters. The first-order chi connectivity index (χ1) is 10.4. The van der Waals surface area contributed by atoms with Crippen LogP contribution >= 0.6 is 12.4 Å². The molecule has 7 heteroatoms. The standard InChI is InChI=1S/C16H25N3O3.ClH/c1-11(2)15(17)16(21)19-9-14(20)18-8-12-4-6-13(7-5-12)10-22-3;/h4-7,11,15H,8-10,17H2,1-3H3,(H,18,20)(H,19,21);1H/t15-;/m0./s1. The summed E-state index contributed by atoms with van der Waals surface area (Å²) in [5.41, 5.74) is 7.76. The number of carbonyl (C=O) groups is 2. The van der Waals surface area contributed by atoms with E-state index in [1.54, 1.807) is 7.11 Å². The van der Waals surface area contributed by atoms with E-state index in [-0.39, 0.29) is 36.7 Å². The molecule has 4 N–H and O–H groups in total. The number of nitrogens with two attached hydrogens (primary N) is 1. The Labute approximate surface area is 143 Å². The van der Waals surface area contributed by atoms with Gasteiger partial charge in [0, 0.05) is 13.7 Å². The van der Waals surface area contributed by atoms with Gasteiger partial charge in [0.05, 0.1) is 19.2 Å². The van der Waals surface area contributed by atoms with Crippen molar-refractivity contribution in [2.75, 3.05) is 13.7 Å². The van der Waals surface area contributed by atoms with E-state index in [2.05, 4.69) is 10.6 Å². The monoisotopic (exact) mass is 343 g/mol. The maximum absolute atomic E-state index is 11.7. The van der Waals surface area contributed by atoms with E-state index < -0.39 is 6.04 Å². The predicted molar refractivity (Wildman–Crippen MR) is 92.1 cm³/mol. The molecule has 0 bridgehead atoms. The molecule has 0 aliphatic rings. The summed E-state index contributed by atoms with van der Waals surface area (Å²) in [7, 11) is 1.65. The second-order valence-electron chi connectivity index (χ2n) is 5.51. The maximum Gasteiger partial charge on any atom is 0.239 e. The molecule has 6 nitrogen and oxygen atoms in total. The highest BCUT2D eigenvalue weighted by Crippen LogP contribution is 2.05. The van der Waals surface area contributed by atoms with Gasteiger partial charge in [-0.05, 0) is 17.0 Å². The van der Waals surface area contributed by atoms with Gasteiger partial charge >= 0.3 is 0 Å². The van der Waals surface area contributed by atoms with Crippen LogP contribution in [0, 0.1) is 5.92 Å². The third kappa shape index (κ3) is 7.97. The van der Waals surface area contributed by atoms with Crippen molar-refractivity contribution in [3.05, 3.63) is 35.4 Å². The SMILES string of the molecule is COCc1ccc(CNC(=O)CNC(=O)[C@@H](N)C(C)C)cc1.Cl. The van der Waals surface area contributed by atoms with Gasteiger partial charge in [0.2, 0.25) is 11.8 Å². The number of methoxy groups -OCH3 is 1. The Bertz CT molecular complexity index is 492. The molecule has 1 rings (SSSR count). The Morgan fingerprint density at radius 3 is 2.22 bits per heavy atom. The van der Waals surface area contributed by atoms with Gasteiger partial charge in [0.15, 0.2) is 0 Å². The van der Waals surface area contributed by atoms with E-state index in [1.165, 1.54) is 0 Å². The highest BCUT2D eigenvalue weighted by Gasteiger charge is 2.17. The minimum Gasteiger partial charge on any atom is -0.380 e. The largest absolute Gasteiger partial charge is 0.380 e. The summed E-state index contributed by atoms with van der Waals surface area (Å²) < 4.78 is 5.04. The number of hydrogen-bond donors (Lipinski definition) is 3. The number of carbonyl (C=O) groups excluding carboxylic acids is 2. The molecule has 2 amide bonds. The van der Waals surface area contributed by atoms with Crippen LogP contribution in [0.5, 0.6) is 0 Å². The number of nitrogens with one attached hydrogen (secondary N) is 2. The molecular weight excluding hydrogens is 318 g/mol. The minimum atomic E-state index is -0.596. The average Bonchev–Trinajstić information content (AvgIpc) is 2.51. The zero-order chi connectivity index (χ0) is 16.5. The molecule has 0 fully saturated rings.